The van der Waals surface area contributed by atoms with Gasteiger partial charge in [0.15, 0.2) is 0 Å². The molecule has 1 aromatic rings. The molecular weight excluding hydrogens is 252 g/mol. The molecule has 0 heterocycles. The highest BCUT2D eigenvalue weighted by Gasteiger charge is 2.16. The fourth-order valence-corrected chi connectivity index (χ4v) is 1.78. The van der Waals surface area contributed by atoms with Crippen LogP contribution in [0.25, 0.3) is 0 Å². The number of alkyl halides is 3. The minimum atomic E-state index is -2.75. The third-order valence-corrected chi connectivity index (χ3v) is 2.48. The van der Waals surface area contributed by atoms with Crippen LogP contribution in [-0.4, -0.2) is 11.1 Å². The van der Waals surface area contributed by atoms with Crippen LogP contribution in [0, 0.1) is 11.3 Å². The van der Waals surface area contributed by atoms with Gasteiger partial charge in [-0.15, -0.1) is 11.6 Å². The van der Waals surface area contributed by atoms with E-state index in [4.69, 9.17) is 22.0 Å². The Morgan fingerprint density at radius 1 is 1.53 bits per heavy atom. The topological polar surface area (TPSA) is 61.1 Å². The Morgan fingerprint density at radius 2 is 2.18 bits per heavy atom. The number of nitriles is 1. The number of aliphatic carboxylic acids is 1. The molecule has 0 atom stereocenters. The van der Waals surface area contributed by atoms with Gasteiger partial charge in [0.2, 0.25) is 0 Å². The van der Waals surface area contributed by atoms with Crippen LogP contribution in [0.5, 0.6) is 0 Å². The summed E-state index contributed by atoms with van der Waals surface area (Å²) in [5.74, 6) is -1.25. The van der Waals surface area contributed by atoms with Crippen molar-refractivity contribution in [3.05, 3.63) is 34.4 Å². The van der Waals surface area contributed by atoms with Crippen molar-refractivity contribution in [1.29, 1.82) is 5.26 Å². The van der Waals surface area contributed by atoms with Crippen molar-refractivity contribution in [2.24, 2.45) is 0 Å². The average Bonchev–Trinajstić information content (AvgIpc) is 2.26. The molecule has 1 aromatic carbocycles. The van der Waals surface area contributed by atoms with Gasteiger partial charge in [-0.2, -0.15) is 5.26 Å². The number of carboxylic acids is 1. The van der Waals surface area contributed by atoms with E-state index in [1.54, 1.807) is 6.07 Å². The van der Waals surface area contributed by atoms with E-state index in [1.807, 2.05) is 0 Å². The molecule has 0 bridgehead atoms. The lowest BCUT2D eigenvalue weighted by molar-refractivity contribution is -0.136. The number of hydrogen-bond donors (Lipinski definition) is 1. The normalized spacial score (nSPS) is 10.3. The first-order valence-electron chi connectivity index (χ1n) is 4.61. The molecule has 90 valence electrons. The Hall–Kier alpha value is -1.67. The van der Waals surface area contributed by atoms with Gasteiger partial charge in [-0.1, -0.05) is 0 Å². The monoisotopic (exact) mass is 259 g/mol. The van der Waals surface area contributed by atoms with Crippen molar-refractivity contribution in [2.45, 2.75) is 18.7 Å². The fraction of sp³-hybridized carbons (Fsp3) is 0.273. The molecule has 1 rings (SSSR count). The Bertz CT molecular complexity index is 483. The zero-order valence-electron chi connectivity index (χ0n) is 8.58. The van der Waals surface area contributed by atoms with E-state index in [2.05, 4.69) is 0 Å². The molecule has 0 saturated carbocycles. The van der Waals surface area contributed by atoms with E-state index < -0.39 is 18.8 Å². The van der Waals surface area contributed by atoms with Crippen LogP contribution in [0.3, 0.4) is 0 Å². The van der Waals surface area contributed by atoms with Gasteiger partial charge in [0.1, 0.15) is 0 Å². The van der Waals surface area contributed by atoms with Gasteiger partial charge in [0.25, 0.3) is 6.43 Å². The van der Waals surface area contributed by atoms with Gasteiger partial charge < -0.3 is 5.11 Å². The SMILES string of the molecule is N#Cc1cc(C(F)F)cc(CC(=O)O)c1CCl. The van der Waals surface area contributed by atoms with Gasteiger partial charge in [-0.05, 0) is 23.3 Å². The smallest absolute Gasteiger partial charge is 0.307 e. The van der Waals surface area contributed by atoms with Crippen molar-refractivity contribution in [3.8, 4) is 6.07 Å². The molecular formula is C11H8ClF2NO2. The molecule has 3 nitrogen and oxygen atoms in total. The van der Waals surface area contributed by atoms with Gasteiger partial charge in [-0.3, -0.25) is 4.79 Å². The lowest BCUT2D eigenvalue weighted by atomic mass is 9.97. The summed E-state index contributed by atoms with van der Waals surface area (Å²) in [5, 5.41) is 17.5. The second kappa shape index (κ2) is 5.60. The highest BCUT2D eigenvalue weighted by Crippen LogP contribution is 2.26. The second-order valence-corrected chi connectivity index (χ2v) is 3.59. The number of carboxylic acid groups (broad SMARTS) is 1. The lowest BCUT2D eigenvalue weighted by Gasteiger charge is -2.10. The van der Waals surface area contributed by atoms with Crippen LogP contribution in [0.15, 0.2) is 12.1 Å². The second-order valence-electron chi connectivity index (χ2n) is 3.32. The molecule has 1 N–H and O–H groups in total. The Balaban J connectivity index is 3.38. The molecule has 0 unspecified atom stereocenters. The van der Waals surface area contributed by atoms with E-state index in [-0.39, 0.29) is 22.6 Å². The molecule has 6 heteroatoms. The van der Waals surface area contributed by atoms with Crippen LogP contribution in [0.4, 0.5) is 8.78 Å². The number of hydrogen-bond acceptors (Lipinski definition) is 2. The standard InChI is InChI=1S/C11H8ClF2NO2/c12-4-9-6(3-10(16)17)1-7(11(13)14)2-8(9)5-15/h1-2,11H,3-4H2,(H,16,17). The van der Waals surface area contributed by atoms with Crippen LogP contribution < -0.4 is 0 Å². The predicted molar refractivity (Wildman–Crippen MR) is 57.0 cm³/mol. The summed E-state index contributed by atoms with van der Waals surface area (Å²) in [6.07, 6.45) is -3.18. The van der Waals surface area contributed by atoms with E-state index in [0.29, 0.717) is 5.56 Å². The maximum absolute atomic E-state index is 12.5. The largest absolute Gasteiger partial charge is 0.481 e. The number of halogens is 3. The third-order valence-electron chi connectivity index (χ3n) is 2.21. The van der Waals surface area contributed by atoms with E-state index >= 15 is 0 Å². The number of nitrogens with zero attached hydrogens (tertiary/aromatic N) is 1. The number of benzene rings is 1. The van der Waals surface area contributed by atoms with Gasteiger partial charge in [0.05, 0.1) is 18.1 Å². The summed E-state index contributed by atoms with van der Waals surface area (Å²) in [7, 11) is 0. The summed E-state index contributed by atoms with van der Waals surface area (Å²) in [4.78, 5) is 10.6. The third kappa shape index (κ3) is 3.14. The molecule has 0 radical (unpaired) electrons. The average molecular weight is 260 g/mol. The molecule has 0 aliphatic carbocycles. The maximum Gasteiger partial charge on any atom is 0.307 e. The van der Waals surface area contributed by atoms with Crippen molar-refractivity contribution >= 4 is 17.6 Å². The van der Waals surface area contributed by atoms with E-state index in [0.717, 1.165) is 12.1 Å². The van der Waals surface area contributed by atoms with Crippen LogP contribution in [0.2, 0.25) is 0 Å². The Labute approximate surface area is 101 Å². The predicted octanol–water partition coefficient (Wildman–Crippen LogP) is 2.86. The minimum Gasteiger partial charge on any atom is -0.481 e. The quantitative estimate of drug-likeness (QED) is 0.846. The zero-order valence-corrected chi connectivity index (χ0v) is 9.34. The van der Waals surface area contributed by atoms with Crippen molar-refractivity contribution in [3.63, 3.8) is 0 Å². The van der Waals surface area contributed by atoms with Gasteiger partial charge in [0, 0.05) is 11.4 Å². The molecule has 0 amide bonds. The summed E-state index contributed by atoms with van der Waals surface area (Å²) >= 11 is 5.60. The first kappa shape index (κ1) is 13.4. The van der Waals surface area contributed by atoms with Crippen molar-refractivity contribution < 1.29 is 18.7 Å². The fourth-order valence-electron chi connectivity index (χ4n) is 1.46. The van der Waals surface area contributed by atoms with Gasteiger partial charge >= 0.3 is 5.97 Å². The minimum absolute atomic E-state index is 0.00551. The molecule has 0 aromatic heterocycles. The highest BCUT2D eigenvalue weighted by atomic mass is 35.5. The molecule has 17 heavy (non-hydrogen) atoms. The van der Waals surface area contributed by atoms with Gasteiger partial charge in [-0.25, -0.2) is 8.78 Å². The molecule has 0 saturated heterocycles. The molecule has 0 fully saturated rings. The van der Waals surface area contributed by atoms with E-state index in [1.165, 1.54) is 0 Å². The number of rotatable bonds is 4. The molecule has 0 aliphatic rings. The molecule has 0 spiro atoms. The van der Waals surface area contributed by atoms with Crippen molar-refractivity contribution in [2.75, 3.05) is 0 Å². The van der Waals surface area contributed by atoms with E-state index in [9.17, 15) is 13.6 Å². The van der Waals surface area contributed by atoms with Crippen LogP contribution in [0.1, 0.15) is 28.7 Å². The lowest BCUT2D eigenvalue weighted by Crippen LogP contribution is -2.06. The summed E-state index contributed by atoms with van der Waals surface area (Å²) in [6.45, 7) is 0. The first-order valence-corrected chi connectivity index (χ1v) is 5.14. The zero-order chi connectivity index (χ0) is 13.0. The molecule has 0 aliphatic heterocycles. The van der Waals surface area contributed by atoms with Crippen LogP contribution >= 0.6 is 11.6 Å². The van der Waals surface area contributed by atoms with Crippen LogP contribution in [-0.2, 0) is 17.1 Å². The van der Waals surface area contributed by atoms with Crippen molar-refractivity contribution in [1.82, 2.24) is 0 Å². The number of carbonyl (C=O) groups is 1. The first-order chi connectivity index (χ1) is 7.99. The Kier molecular flexibility index (Phi) is 4.41. The Morgan fingerprint density at radius 3 is 2.59 bits per heavy atom. The highest BCUT2D eigenvalue weighted by molar-refractivity contribution is 6.17. The maximum atomic E-state index is 12.5. The summed E-state index contributed by atoms with van der Waals surface area (Å²) < 4.78 is 25.1. The summed E-state index contributed by atoms with van der Waals surface area (Å²) in [5.41, 5.74) is 0.0727. The summed E-state index contributed by atoms with van der Waals surface area (Å²) in [6, 6.07) is 3.86.